The van der Waals surface area contributed by atoms with Crippen molar-refractivity contribution >= 4 is 38.9 Å². The van der Waals surface area contributed by atoms with E-state index in [2.05, 4.69) is 10.1 Å². The van der Waals surface area contributed by atoms with Crippen LogP contribution in [0.2, 0.25) is 0 Å². The van der Waals surface area contributed by atoms with Crippen LogP contribution in [0.3, 0.4) is 0 Å². The van der Waals surface area contributed by atoms with Crippen molar-refractivity contribution in [1.82, 2.24) is 19.3 Å². The van der Waals surface area contributed by atoms with Crippen LogP contribution in [-0.2, 0) is 24.3 Å². The van der Waals surface area contributed by atoms with Crippen molar-refractivity contribution in [1.29, 1.82) is 0 Å². The van der Waals surface area contributed by atoms with Gasteiger partial charge in [-0.05, 0) is 26.0 Å². The Balaban J connectivity index is 1.30. The summed E-state index contributed by atoms with van der Waals surface area (Å²) < 4.78 is 37.2. The Morgan fingerprint density at radius 1 is 1.12 bits per heavy atom. The number of sulfonamides is 1. The third kappa shape index (κ3) is 4.85. The zero-order valence-corrected chi connectivity index (χ0v) is 19.6. The molecule has 3 heterocycles. The van der Waals surface area contributed by atoms with Crippen molar-refractivity contribution in [2.45, 2.75) is 18.7 Å². The Hall–Kier alpha value is -3.57. The van der Waals surface area contributed by atoms with E-state index in [1.54, 1.807) is 26.1 Å². The molecule has 11 heteroatoms. The van der Waals surface area contributed by atoms with E-state index in [1.165, 1.54) is 15.3 Å². The van der Waals surface area contributed by atoms with Crippen molar-refractivity contribution < 1.29 is 27.3 Å². The second kappa shape index (κ2) is 9.74. The lowest BCUT2D eigenvalue weighted by molar-refractivity contribution is -0.148. The summed E-state index contributed by atoms with van der Waals surface area (Å²) in [7, 11) is -3.76. The number of aromatic nitrogens is 2. The van der Waals surface area contributed by atoms with Crippen molar-refractivity contribution in [3.8, 4) is 0 Å². The SMILES string of the molecule is Cc1noc(C)c1S(=O)(=O)N1CCN(C(=O)COC(=O)/C=C/c2cccc3cccnc23)CC1. The zero-order valence-electron chi connectivity index (χ0n) is 18.8. The third-order valence-electron chi connectivity index (χ3n) is 5.56. The van der Waals surface area contributed by atoms with Gasteiger partial charge in [-0.25, -0.2) is 13.2 Å². The Labute approximate surface area is 196 Å². The normalized spacial score (nSPS) is 15.2. The molecule has 1 saturated heterocycles. The van der Waals surface area contributed by atoms with E-state index >= 15 is 0 Å². The molecule has 3 aromatic rings. The van der Waals surface area contributed by atoms with Gasteiger partial charge >= 0.3 is 5.97 Å². The predicted octanol–water partition coefficient (Wildman–Crippen LogP) is 1.93. The van der Waals surface area contributed by atoms with Crippen molar-refractivity contribution in [2.24, 2.45) is 0 Å². The lowest BCUT2D eigenvalue weighted by atomic mass is 10.1. The highest BCUT2D eigenvalue weighted by atomic mass is 32.2. The van der Waals surface area contributed by atoms with Gasteiger partial charge in [0.25, 0.3) is 5.91 Å². The highest BCUT2D eigenvalue weighted by Crippen LogP contribution is 2.24. The smallest absolute Gasteiger partial charge is 0.331 e. The van der Waals surface area contributed by atoms with E-state index in [-0.39, 0.29) is 42.7 Å². The van der Waals surface area contributed by atoms with Gasteiger partial charge in [-0.3, -0.25) is 9.78 Å². The van der Waals surface area contributed by atoms with E-state index in [4.69, 9.17) is 9.26 Å². The molecule has 34 heavy (non-hydrogen) atoms. The molecule has 10 nitrogen and oxygen atoms in total. The van der Waals surface area contributed by atoms with Gasteiger partial charge in [-0.2, -0.15) is 4.31 Å². The minimum atomic E-state index is -3.76. The van der Waals surface area contributed by atoms with Gasteiger partial charge in [0.05, 0.1) is 5.52 Å². The first-order valence-electron chi connectivity index (χ1n) is 10.7. The lowest BCUT2D eigenvalue weighted by Crippen LogP contribution is -2.51. The maximum atomic E-state index is 12.9. The van der Waals surface area contributed by atoms with Crippen LogP contribution in [0.25, 0.3) is 17.0 Å². The number of para-hydroxylation sites is 1. The first-order chi connectivity index (χ1) is 16.3. The first kappa shape index (κ1) is 23.6. The molecule has 2 aromatic heterocycles. The average molecular weight is 485 g/mol. The largest absolute Gasteiger partial charge is 0.452 e. The summed E-state index contributed by atoms with van der Waals surface area (Å²) >= 11 is 0. The number of aryl methyl sites for hydroxylation is 2. The van der Waals surface area contributed by atoms with Crippen LogP contribution in [-0.4, -0.2) is 72.4 Å². The van der Waals surface area contributed by atoms with E-state index < -0.39 is 22.6 Å². The van der Waals surface area contributed by atoms with Gasteiger partial charge in [-0.15, -0.1) is 0 Å². The molecule has 1 aliphatic heterocycles. The molecule has 0 spiro atoms. The molecule has 1 amide bonds. The minimum absolute atomic E-state index is 0.0642. The quantitative estimate of drug-likeness (QED) is 0.384. The van der Waals surface area contributed by atoms with E-state index in [0.717, 1.165) is 16.5 Å². The number of esters is 1. The van der Waals surface area contributed by atoms with Crippen LogP contribution in [0.4, 0.5) is 0 Å². The molecule has 1 fully saturated rings. The maximum Gasteiger partial charge on any atom is 0.331 e. The van der Waals surface area contributed by atoms with E-state index in [9.17, 15) is 18.0 Å². The standard InChI is InChI=1S/C23H24N4O6S/c1-16-23(17(2)33-25-16)34(30,31)27-13-11-26(12-14-27)20(28)15-32-21(29)9-8-19-6-3-5-18-7-4-10-24-22(18)19/h3-10H,11-15H2,1-2H3/b9-8+. The number of amides is 1. The fourth-order valence-corrected chi connectivity index (χ4v) is 5.56. The summed E-state index contributed by atoms with van der Waals surface area (Å²) in [5.41, 5.74) is 1.82. The Kier molecular flexibility index (Phi) is 6.75. The Morgan fingerprint density at radius 3 is 2.56 bits per heavy atom. The predicted molar refractivity (Wildman–Crippen MR) is 123 cm³/mol. The summed E-state index contributed by atoms with van der Waals surface area (Å²) in [5.74, 6) is -0.806. The zero-order chi connectivity index (χ0) is 24.3. The highest BCUT2D eigenvalue weighted by Gasteiger charge is 2.34. The molecule has 0 atom stereocenters. The number of hydrogen-bond acceptors (Lipinski definition) is 8. The summed E-state index contributed by atoms with van der Waals surface area (Å²) in [4.78, 5) is 30.4. The van der Waals surface area contributed by atoms with Gasteiger partial charge in [0.1, 0.15) is 10.6 Å². The molecule has 0 aliphatic carbocycles. The maximum absolute atomic E-state index is 12.9. The number of ether oxygens (including phenoxy) is 1. The number of hydrogen-bond donors (Lipinski definition) is 0. The lowest BCUT2D eigenvalue weighted by Gasteiger charge is -2.33. The van der Waals surface area contributed by atoms with E-state index in [1.807, 2.05) is 30.3 Å². The third-order valence-corrected chi connectivity index (χ3v) is 7.70. The summed E-state index contributed by atoms with van der Waals surface area (Å²) in [6, 6.07) is 9.39. The van der Waals surface area contributed by atoms with Crippen LogP contribution >= 0.6 is 0 Å². The fraction of sp³-hybridized carbons (Fsp3) is 0.304. The Morgan fingerprint density at radius 2 is 1.85 bits per heavy atom. The monoisotopic (exact) mass is 484 g/mol. The highest BCUT2D eigenvalue weighted by molar-refractivity contribution is 7.89. The van der Waals surface area contributed by atoms with Gasteiger partial charge in [0, 0.05) is 49.4 Å². The second-order valence-electron chi connectivity index (χ2n) is 7.80. The number of fused-ring (bicyclic) bond motifs is 1. The van der Waals surface area contributed by atoms with Crippen LogP contribution in [0, 0.1) is 13.8 Å². The first-order valence-corrected chi connectivity index (χ1v) is 12.1. The average Bonchev–Trinajstić information content (AvgIpc) is 3.19. The molecule has 0 N–H and O–H groups in total. The van der Waals surface area contributed by atoms with Gasteiger partial charge in [0.15, 0.2) is 12.4 Å². The van der Waals surface area contributed by atoms with E-state index in [0.29, 0.717) is 5.69 Å². The molecular weight excluding hydrogens is 460 g/mol. The minimum Gasteiger partial charge on any atom is -0.452 e. The van der Waals surface area contributed by atoms with Crippen LogP contribution in [0.1, 0.15) is 17.0 Å². The second-order valence-corrected chi connectivity index (χ2v) is 9.68. The molecule has 1 aliphatic rings. The van der Waals surface area contributed by atoms with Gasteiger partial charge < -0.3 is 14.2 Å². The molecule has 4 rings (SSSR count). The number of piperazine rings is 1. The molecular formula is C23H24N4O6S. The van der Waals surface area contributed by atoms with Crippen molar-refractivity contribution in [3.63, 3.8) is 0 Å². The van der Waals surface area contributed by atoms with Crippen LogP contribution in [0.15, 0.2) is 52.0 Å². The number of nitrogens with zero attached hydrogens (tertiary/aromatic N) is 4. The van der Waals surface area contributed by atoms with Crippen LogP contribution < -0.4 is 0 Å². The number of carbonyl (C=O) groups excluding carboxylic acids is 2. The molecule has 178 valence electrons. The van der Waals surface area contributed by atoms with Gasteiger partial charge in [-0.1, -0.05) is 29.4 Å². The van der Waals surface area contributed by atoms with Crippen molar-refractivity contribution in [2.75, 3.05) is 32.8 Å². The number of benzene rings is 1. The number of pyridine rings is 1. The summed E-state index contributed by atoms with van der Waals surface area (Å²) in [6.45, 7) is 3.33. The molecule has 0 bridgehead atoms. The van der Waals surface area contributed by atoms with Crippen molar-refractivity contribution in [3.05, 3.63) is 59.6 Å². The number of carbonyl (C=O) groups is 2. The van der Waals surface area contributed by atoms with Crippen LogP contribution in [0.5, 0.6) is 0 Å². The van der Waals surface area contributed by atoms with Gasteiger partial charge in [0.2, 0.25) is 10.0 Å². The summed E-state index contributed by atoms with van der Waals surface area (Å²) in [6.07, 6.45) is 4.53. The Bertz CT molecular complexity index is 1330. The molecule has 0 radical (unpaired) electrons. The fourth-order valence-electron chi connectivity index (χ4n) is 3.84. The molecule has 0 saturated carbocycles. The summed E-state index contributed by atoms with van der Waals surface area (Å²) in [5, 5.41) is 4.66. The molecule has 1 aromatic carbocycles. The topological polar surface area (TPSA) is 123 Å². The number of rotatable bonds is 6. The molecule has 0 unspecified atom stereocenters.